The highest BCUT2D eigenvalue weighted by molar-refractivity contribution is 5.99. The van der Waals surface area contributed by atoms with Crippen LogP contribution < -0.4 is 0 Å². The van der Waals surface area contributed by atoms with Crippen molar-refractivity contribution in [3.05, 3.63) is 48.6 Å². The first kappa shape index (κ1) is 28.5. The van der Waals surface area contributed by atoms with E-state index in [4.69, 9.17) is 9.47 Å². The Morgan fingerprint density at radius 2 is 1.90 bits per heavy atom. The number of fused-ring (bicyclic) bond motifs is 3. The minimum Gasteiger partial charge on any atom is -0.465 e. The molecule has 0 radical (unpaired) electrons. The Hall–Kier alpha value is -3.57. The van der Waals surface area contributed by atoms with Gasteiger partial charge in [-0.1, -0.05) is 62.4 Å². The summed E-state index contributed by atoms with van der Waals surface area (Å²) in [6.45, 7) is 6.24. The van der Waals surface area contributed by atoms with Crippen LogP contribution in [0.1, 0.15) is 46.5 Å². The predicted octanol–water partition coefficient (Wildman–Crippen LogP) is 2.45. The summed E-state index contributed by atoms with van der Waals surface area (Å²) in [7, 11) is 0. The lowest BCUT2D eigenvalue weighted by molar-refractivity contribution is -0.163. The number of hydrogen-bond donors (Lipinski definition) is 1. The number of allylic oxidation sites excluding steroid dienone is 1. The van der Waals surface area contributed by atoms with Crippen LogP contribution >= 0.6 is 0 Å². The molecule has 0 bridgehead atoms. The Morgan fingerprint density at radius 1 is 1.10 bits per heavy atom. The molecule has 2 aromatic rings. The molecule has 4 aliphatic heterocycles. The number of carbonyl (C=O) groups excluding carboxylic acids is 3. The number of hydrogen-bond acceptors (Lipinski definition) is 8. The van der Waals surface area contributed by atoms with Crippen molar-refractivity contribution < 1.29 is 29.0 Å². The predicted molar refractivity (Wildman–Crippen MR) is 152 cm³/mol. The number of amides is 2. The standard InChI is InChI=1S/C31H39N5O6/c1-4-30-13-8-5-9-16-41-29(40)25(30)24-27(38)36(21(18-37)17-20(2)3)26-28(39)34(15-10-14-31(24,26)42-30)19-35-23-12-7-6-11-22(23)32-33-35/h6-8,10-14,20-21,24-26,37H,4-5,9,15-19H2,1-3H3/b13-8-/t21-,24+,25+,26?,30-,31+/m1/s1. The largest absolute Gasteiger partial charge is 0.465 e. The van der Waals surface area contributed by atoms with Gasteiger partial charge in [0.25, 0.3) is 5.91 Å². The highest BCUT2D eigenvalue weighted by Crippen LogP contribution is 2.58. The highest BCUT2D eigenvalue weighted by Gasteiger charge is 2.75. The first-order valence-electron chi connectivity index (χ1n) is 15.0. The number of likely N-dealkylation sites (tertiary alicyclic amines) is 1. The maximum absolute atomic E-state index is 14.7. The van der Waals surface area contributed by atoms with Gasteiger partial charge in [-0.15, -0.1) is 5.10 Å². The van der Waals surface area contributed by atoms with Gasteiger partial charge in [0.1, 0.15) is 35.3 Å². The number of aromatic nitrogens is 3. The van der Waals surface area contributed by atoms with Gasteiger partial charge in [-0.05, 0) is 43.7 Å². The SMILES string of the molecule is CC[C@@]12/C=C\CCCOC(=O)[C@@H]1[C@H]1C(=O)N([C@@H](CO)CC(C)C)C3C(=O)N(Cn4nnc5ccccc54)CC=C[C@@]31O2. The maximum atomic E-state index is 14.7. The molecular weight excluding hydrogens is 538 g/mol. The smallest absolute Gasteiger partial charge is 0.313 e. The zero-order valence-electron chi connectivity index (χ0n) is 24.4. The zero-order valence-corrected chi connectivity index (χ0v) is 24.4. The Labute approximate surface area is 245 Å². The number of esters is 1. The third-order valence-electron chi connectivity index (χ3n) is 9.23. The lowest BCUT2D eigenvalue weighted by Crippen LogP contribution is -2.59. The monoisotopic (exact) mass is 577 g/mol. The number of nitrogens with zero attached hydrogens (tertiary/aromatic N) is 5. The number of carbonyl (C=O) groups is 3. The molecule has 42 heavy (non-hydrogen) atoms. The molecule has 4 aliphatic rings. The molecule has 2 amide bonds. The molecule has 6 atom stereocenters. The van der Waals surface area contributed by atoms with E-state index in [1.165, 1.54) is 4.90 Å². The molecule has 2 saturated heterocycles. The summed E-state index contributed by atoms with van der Waals surface area (Å²) in [5.74, 6) is -2.94. The number of benzene rings is 1. The summed E-state index contributed by atoms with van der Waals surface area (Å²) in [4.78, 5) is 46.2. The fourth-order valence-electron chi connectivity index (χ4n) is 7.38. The van der Waals surface area contributed by atoms with Crippen LogP contribution in [-0.4, -0.2) is 90.7 Å². The summed E-state index contributed by atoms with van der Waals surface area (Å²) in [6.07, 6.45) is 9.87. The van der Waals surface area contributed by atoms with Crippen LogP contribution in [0.4, 0.5) is 0 Å². The quantitative estimate of drug-likeness (QED) is 0.393. The number of ether oxygens (including phenoxy) is 2. The Balaban J connectivity index is 1.47. The van der Waals surface area contributed by atoms with E-state index in [2.05, 4.69) is 10.3 Å². The lowest BCUT2D eigenvalue weighted by Gasteiger charge is -2.41. The number of aliphatic hydroxyl groups is 1. The lowest BCUT2D eigenvalue weighted by atomic mass is 9.73. The van der Waals surface area contributed by atoms with Crippen LogP contribution in [-0.2, 0) is 30.5 Å². The number of cyclic esters (lactones) is 1. The van der Waals surface area contributed by atoms with Crippen LogP contribution in [0.5, 0.6) is 0 Å². The molecule has 1 aromatic heterocycles. The molecule has 1 spiro atoms. The molecular formula is C31H39N5O6. The van der Waals surface area contributed by atoms with Crippen LogP contribution in [0.25, 0.3) is 11.0 Å². The number of para-hydroxylation sites is 1. The molecule has 2 fully saturated rings. The summed E-state index contributed by atoms with van der Waals surface area (Å²) < 4.78 is 14.3. The van der Waals surface area contributed by atoms with E-state index in [1.807, 2.05) is 69.3 Å². The number of aliphatic hydroxyl groups excluding tert-OH is 1. The second-order valence-corrected chi connectivity index (χ2v) is 12.2. The molecule has 0 aliphatic carbocycles. The average Bonchev–Trinajstić information content (AvgIpc) is 3.57. The van der Waals surface area contributed by atoms with Gasteiger partial charge >= 0.3 is 5.97 Å². The third-order valence-corrected chi connectivity index (χ3v) is 9.23. The molecule has 11 nitrogen and oxygen atoms in total. The second-order valence-electron chi connectivity index (χ2n) is 12.2. The van der Waals surface area contributed by atoms with Crippen molar-refractivity contribution in [1.82, 2.24) is 24.8 Å². The molecule has 0 saturated carbocycles. The fourth-order valence-corrected chi connectivity index (χ4v) is 7.38. The second kappa shape index (κ2) is 10.9. The van der Waals surface area contributed by atoms with Gasteiger partial charge in [0, 0.05) is 6.54 Å². The van der Waals surface area contributed by atoms with Crippen LogP contribution in [0.2, 0.25) is 0 Å². The summed E-state index contributed by atoms with van der Waals surface area (Å²) in [5.41, 5.74) is -1.03. The topological polar surface area (TPSA) is 127 Å². The molecule has 1 aromatic carbocycles. The van der Waals surface area contributed by atoms with E-state index in [1.54, 1.807) is 9.58 Å². The van der Waals surface area contributed by atoms with Crippen molar-refractivity contribution in [3.63, 3.8) is 0 Å². The molecule has 5 heterocycles. The van der Waals surface area contributed by atoms with Gasteiger partial charge in [0.2, 0.25) is 5.91 Å². The minimum atomic E-state index is -1.42. The number of rotatable bonds is 7. The zero-order chi connectivity index (χ0) is 29.6. The summed E-state index contributed by atoms with van der Waals surface area (Å²) in [5, 5.41) is 19.1. The van der Waals surface area contributed by atoms with Gasteiger partial charge in [0.15, 0.2) is 0 Å². The first-order valence-corrected chi connectivity index (χ1v) is 15.0. The average molecular weight is 578 g/mol. The molecule has 224 valence electrons. The van der Waals surface area contributed by atoms with E-state index in [0.717, 1.165) is 5.52 Å². The van der Waals surface area contributed by atoms with Crippen molar-refractivity contribution in [3.8, 4) is 0 Å². The van der Waals surface area contributed by atoms with Gasteiger partial charge in [-0.3, -0.25) is 14.4 Å². The van der Waals surface area contributed by atoms with Crippen LogP contribution in [0.3, 0.4) is 0 Å². The summed E-state index contributed by atoms with van der Waals surface area (Å²) in [6, 6.07) is 5.80. The van der Waals surface area contributed by atoms with Crippen LogP contribution in [0, 0.1) is 17.8 Å². The molecule has 6 rings (SSSR count). The van der Waals surface area contributed by atoms with Gasteiger partial charge in [-0.2, -0.15) is 0 Å². The van der Waals surface area contributed by atoms with E-state index < -0.39 is 41.1 Å². The van der Waals surface area contributed by atoms with Crippen molar-refractivity contribution in [1.29, 1.82) is 0 Å². The van der Waals surface area contributed by atoms with E-state index in [-0.39, 0.29) is 44.2 Å². The van der Waals surface area contributed by atoms with Crippen molar-refractivity contribution in [2.75, 3.05) is 19.8 Å². The first-order chi connectivity index (χ1) is 20.3. The van der Waals surface area contributed by atoms with E-state index in [9.17, 15) is 19.5 Å². The summed E-state index contributed by atoms with van der Waals surface area (Å²) >= 11 is 0. The minimum absolute atomic E-state index is 0.112. The molecule has 1 unspecified atom stereocenters. The maximum Gasteiger partial charge on any atom is 0.313 e. The van der Waals surface area contributed by atoms with Crippen molar-refractivity contribution in [2.45, 2.75) is 76.4 Å². The van der Waals surface area contributed by atoms with Gasteiger partial charge in [-0.25, -0.2) is 4.68 Å². The Morgan fingerprint density at radius 3 is 2.67 bits per heavy atom. The highest BCUT2D eigenvalue weighted by atomic mass is 16.6. The van der Waals surface area contributed by atoms with E-state index in [0.29, 0.717) is 31.2 Å². The van der Waals surface area contributed by atoms with E-state index >= 15 is 0 Å². The van der Waals surface area contributed by atoms with Crippen molar-refractivity contribution >= 4 is 28.8 Å². The van der Waals surface area contributed by atoms with Crippen molar-refractivity contribution in [2.24, 2.45) is 17.8 Å². The molecule has 11 heteroatoms. The fraction of sp³-hybridized carbons (Fsp3) is 0.581. The molecule has 1 N–H and O–H groups in total. The third kappa shape index (κ3) is 4.36. The Bertz CT molecular complexity index is 1440. The normalized spacial score (nSPS) is 32.6. The van der Waals surface area contributed by atoms with Gasteiger partial charge < -0.3 is 24.4 Å². The Kier molecular flexibility index (Phi) is 7.43. The van der Waals surface area contributed by atoms with Crippen LogP contribution in [0.15, 0.2) is 48.6 Å². The van der Waals surface area contributed by atoms with Gasteiger partial charge in [0.05, 0.1) is 30.7 Å².